The van der Waals surface area contributed by atoms with Crippen LogP contribution in [0.25, 0.3) is 0 Å². The Morgan fingerprint density at radius 1 is 1.47 bits per heavy atom. The molecule has 0 atom stereocenters. The van der Waals surface area contributed by atoms with E-state index in [1.807, 2.05) is 7.05 Å². The Morgan fingerprint density at radius 3 is 2.84 bits per heavy atom. The molecule has 5 nitrogen and oxygen atoms in total. The predicted molar refractivity (Wildman–Crippen MR) is 80.3 cm³/mol. The van der Waals surface area contributed by atoms with Gasteiger partial charge in [-0.3, -0.25) is 4.79 Å². The van der Waals surface area contributed by atoms with Crippen molar-refractivity contribution in [3.05, 3.63) is 28.2 Å². The van der Waals surface area contributed by atoms with Crippen molar-refractivity contribution < 1.29 is 9.53 Å². The van der Waals surface area contributed by atoms with Gasteiger partial charge in [0.2, 0.25) is 0 Å². The number of amides is 1. The molecule has 0 spiro atoms. The van der Waals surface area contributed by atoms with Crippen LogP contribution in [0.5, 0.6) is 0 Å². The Morgan fingerprint density at radius 2 is 2.21 bits per heavy atom. The molecule has 6 heteroatoms. The van der Waals surface area contributed by atoms with E-state index in [-0.39, 0.29) is 5.91 Å². The van der Waals surface area contributed by atoms with Gasteiger partial charge in [-0.2, -0.15) is 0 Å². The second-order valence-corrected chi connectivity index (χ2v) is 5.20. The number of nitrogen functional groups attached to an aromatic ring is 1. The van der Waals surface area contributed by atoms with Crippen LogP contribution in [0.3, 0.4) is 0 Å². The van der Waals surface area contributed by atoms with Crippen LogP contribution >= 0.6 is 15.9 Å². The molecule has 1 amide bonds. The van der Waals surface area contributed by atoms with Crippen LogP contribution in [0.4, 0.5) is 5.69 Å². The molecular formula is C13H20BrN3O2. The summed E-state index contributed by atoms with van der Waals surface area (Å²) in [5.74, 6) is -0.148. The highest BCUT2D eigenvalue weighted by Crippen LogP contribution is 2.18. The van der Waals surface area contributed by atoms with E-state index in [2.05, 4.69) is 26.1 Å². The Balaban J connectivity index is 2.39. The zero-order valence-corrected chi connectivity index (χ0v) is 12.9. The maximum Gasteiger partial charge on any atom is 0.253 e. The summed E-state index contributed by atoms with van der Waals surface area (Å²) in [6.45, 7) is 2.87. The summed E-state index contributed by atoms with van der Waals surface area (Å²) in [6.07, 6.45) is 0. The standard InChI is InChI=1S/C13H20BrN3O2/c1-17(7-8-19-2)6-5-16-13(18)11-4-3-10(14)9-12(11)15/h3-4,9H,5-8,15H2,1-2H3,(H,16,18). The number of nitrogens with zero attached hydrogens (tertiary/aromatic N) is 1. The summed E-state index contributed by atoms with van der Waals surface area (Å²) in [6, 6.07) is 5.24. The van der Waals surface area contributed by atoms with Gasteiger partial charge in [0.15, 0.2) is 0 Å². The van der Waals surface area contributed by atoms with Crippen molar-refractivity contribution in [1.29, 1.82) is 0 Å². The maximum absolute atomic E-state index is 11.9. The van der Waals surface area contributed by atoms with E-state index < -0.39 is 0 Å². The first-order chi connectivity index (χ1) is 9.04. The topological polar surface area (TPSA) is 67.6 Å². The van der Waals surface area contributed by atoms with Gasteiger partial charge in [-0.1, -0.05) is 15.9 Å². The Hall–Kier alpha value is -1.11. The second-order valence-electron chi connectivity index (χ2n) is 4.28. The van der Waals surface area contributed by atoms with Crippen molar-refractivity contribution in [3.8, 4) is 0 Å². The second kappa shape index (κ2) is 8.14. The van der Waals surface area contributed by atoms with E-state index in [4.69, 9.17) is 10.5 Å². The molecule has 0 fully saturated rings. The minimum atomic E-state index is -0.148. The Bertz CT molecular complexity index is 426. The first-order valence-electron chi connectivity index (χ1n) is 6.05. The number of anilines is 1. The van der Waals surface area contributed by atoms with Crippen LogP contribution in [0.1, 0.15) is 10.4 Å². The molecule has 19 heavy (non-hydrogen) atoms. The maximum atomic E-state index is 11.9. The summed E-state index contributed by atoms with van der Waals surface area (Å²) in [5, 5.41) is 2.85. The predicted octanol–water partition coefficient (Wildman–Crippen LogP) is 1.34. The van der Waals surface area contributed by atoms with Crippen LogP contribution in [-0.2, 0) is 4.74 Å². The molecule has 0 heterocycles. The third-order valence-electron chi connectivity index (χ3n) is 2.71. The zero-order valence-electron chi connectivity index (χ0n) is 11.3. The quantitative estimate of drug-likeness (QED) is 0.741. The fourth-order valence-electron chi connectivity index (χ4n) is 1.55. The molecule has 0 bridgehead atoms. The normalized spacial score (nSPS) is 10.7. The van der Waals surface area contributed by atoms with Crippen LogP contribution in [0, 0.1) is 0 Å². The Labute approximate surface area is 122 Å². The number of hydrogen-bond donors (Lipinski definition) is 2. The molecule has 1 aromatic carbocycles. The summed E-state index contributed by atoms with van der Waals surface area (Å²) in [4.78, 5) is 14.0. The van der Waals surface area contributed by atoms with Crippen molar-refractivity contribution >= 4 is 27.5 Å². The first kappa shape index (κ1) is 15.9. The SMILES string of the molecule is COCCN(C)CCNC(=O)c1ccc(Br)cc1N. The highest BCUT2D eigenvalue weighted by Gasteiger charge is 2.09. The van der Waals surface area contributed by atoms with Gasteiger partial charge < -0.3 is 20.7 Å². The molecule has 0 saturated carbocycles. The monoisotopic (exact) mass is 329 g/mol. The number of halogens is 1. The molecule has 1 aromatic rings. The molecule has 0 aromatic heterocycles. The van der Waals surface area contributed by atoms with Crippen LogP contribution in [0.15, 0.2) is 22.7 Å². The lowest BCUT2D eigenvalue weighted by molar-refractivity contribution is 0.0948. The summed E-state index contributed by atoms with van der Waals surface area (Å²) < 4.78 is 5.85. The van der Waals surface area contributed by atoms with E-state index >= 15 is 0 Å². The summed E-state index contributed by atoms with van der Waals surface area (Å²) in [7, 11) is 3.66. The van der Waals surface area contributed by atoms with Gasteiger partial charge in [0.05, 0.1) is 12.2 Å². The molecule has 3 N–H and O–H groups in total. The van der Waals surface area contributed by atoms with Crippen molar-refractivity contribution in [3.63, 3.8) is 0 Å². The lowest BCUT2D eigenvalue weighted by Gasteiger charge is -2.16. The van der Waals surface area contributed by atoms with Crippen LogP contribution in [-0.4, -0.2) is 51.2 Å². The molecular weight excluding hydrogens is 310 g/mol. The number of methoxy groups -OCH3 is 1. The number of carbonyl (C=O) groups is 1. The van der Waals surface area contributed by atoms with Crippen molar-refractivity contribution in [2.45, 2.75) is 0 Å². The molecule has 1 rings (SSSR count). The minimum absolute atomic E-state index is 0.148. The third kappa shape index (κ3) is 5.59. The molecule has 0 radical (unpaired) electrons. The number of benzene rings is 1. The highest BCUT2D eigenvalue weighted by atomic mass is 79.9. The lowest BCUT2D eigenvalue weighted by atomic mass is 10.1. The highest BCUT2D eigenvalue weighted by molar-refractivity contribution is 9.10. The number of nitrogens with two attached hydrogens (primary N) is 1. The van der Waals surface area contributed by atoms with Gasteiger partial charge in [-0.15, -0.1) is 0 Å². The van der Waals surface area contributed by atoms with Gasteiger partial charge in [0.25, 0.3) is 5.91 Å². The van der Waals surface area contributed by atoms with E-state index in [9.17, 15) is 4.79 Å². The van der Waals surface area contributed by atoms with Crippen molar-refractivity contribution in [2.24, 2.45) is 0 Å². The molecule has 0 aliphatic rings. The summed E-state index contributed by atoms with van der Waals surface area (Å²) >= 11 is 3.31. The first-order valence-corrected chi connectivity index (χ1v) is 6.84. The van der Waals surface area contributed by atoms with E-state index in [0.29, 0.717) is 24.4 Å². The molecule has 0 unspecified atom stereocenters. The molecule has 0 saturated heterocycles. The lowest BCUT2D eigenvalue weighted by Crippen LogP contribution is -2.34. The van der Waals surface area contributed by atoms with E-state index in [0.717, 1.165) is 17.6 Å². The number of carbonyl (C=O) groups excluding carboxylic acids is 1. The van der Waals surface area contributed by atoms with Crippen molar-refractivity contribution in [1.82, 2.24) is 10.2 Å². The molecule has 0 aliphatic carbocycles. The van der Waals surface area contributed by atoms with Crippen LogP contribution in [0.2, 0.25) is 0 Å². The van der Waals surface area contributed by atoms with Gasteiger partial charge in [-0.05, 0) is 25.2 Å². The smallest absolute Gasteiger partial charge is 0.253 e. The minimum Gasteiger partial charge on any atom is -0.398 e. The van der Waals surface area contributed by atoms with E-state index in [1.54, 1.807) is 25.3 Å². The largest absolute Gasteiger partial charge is 0.398 e. The summed E-state index contributed by atoms with van der Waals surface area (Å²) in [5.41, 5.74) is 6.78. The number of likely N-dealkylation sites (N-methyl/N-ethyl adjacent to an activating group) is 1. The third-order valence-corrected chi connectivity index (χ3v) is 3.21. The van der Waals surface area contributed by atoms with Gasteiger partial charge in [-0.25, -0.2) is 0 Å². The number of ether oxygens (including phenoxy) is 1. The fourth-order valence-corrected chi connectivity index (χ4v) is 1.93. The van der Waals surface area contributed by atoms with Gasteiger partial charge >= 0.3 is 0 Å². The molecule has 0 aliphatic heterocycles. The fraction of sp³-hybridized carbons (Fsp3) is 0.462. The van der Waals surface area contributed by atoms with Gasteiger partial charge in [0, 0.05) is 36.9 Å². The Kier molecular flexibility index (Phi) is 6.83. The van der Waals surface area contributed by atoms with E-state index in [1.165, 1.54) is 0 Å². The number of hydrogen-bond acceptors (Lipinski definition) is 4. The zero-order chi connectivity index (χ0) is 14.3. The average Bonchev–Trinajstić information content (AvgIpc) is 2.36. The van der Waals surface area contributed by atoms with Crippen LogP contribution < -0.4 is 11.1 Å². The molecule has 106 valence electrons. The van der Waals surface area contributed by atoms with Crippen molar-refractivity contribution in [2.75, 3.05) is 46.1 Å². The number of rotatable bonds is 7. The number of nitrogens with one attached hydrogen (secondary N) is 1. The average molecular weight is 330 g/mol. The van der Waals surface area contributed by atoms with Gasteiger partial charge in [0.1, 0.15) is 0 Å².